The Bertz CT molecular complexity index is 1120. The van der Waals surface area contributed by atoms with Crippen molar-refractivity contribution in [2.75, 3.05) is 0 Å². The van der Waals surface area contributed by atoms with E-state index in [4.69, 9.17) is 9.52 Å². The molecular formula is C18H18BrN5O. The molecule has 0 unspecified atom stereocenters. The Morgan fingerprint density at radius 3 is 2.44 bits per heavy atom. The largest absolute Gasteiger partial charge is 0.439 e. The third-order valence-electron chi connectivity index (χ3n) is 4.31. The molecule has 6 nitrogen and oxygen atoms in total. The van der Waals surface area contributed by atoms with Crippen molar-refractivity contribution in [2.45, 2.75) is 34.6 Å². The first-order valence-electron chi connectivity index (χ1n) is 8.02. The molecule has 0 aliphatic carbocycles. The summed E-state index contributed by atoms with van der Waals surface area (Å²) in [6.07, 6.45) is 0. The van der Waals surface area contributed by atoms with Crippen molar-refractivity contribution < 1.29 is 4.42 Å². The lowest BCUT2D eigenvalue weighted by molar-refractivity contribution is 0.569. The number of hydrogen-bond acceptors (Lipinski definition) is 4. The van der Waals surface area contributed by atoms with Crippen molar-refractivity contribution in [2.24, 2.45) is 0 Å². The number of fused-ring (bicyclic) bond motifs is 1. The Hall–Kier alpha value is -2.41. The second-order valence-electron chi connectivity index (χ2n) is 6.24. The van der Waals surface area contributed by atoms with Crippen molar-refractivity contribution in [1.82, 2.24) is 24.4 Å². The summed E-state index contributed by atoms with van der Waals surface area (Å²) in [4.78, 5) is 4.39. The summed E-state index contributed by atoms with van der Waals surface area (Å²) in [5, 5.41) is 9.21. The van der Waals surface area contributed by atoms with Crippen molar-refractivity contribution >= 4 is 21.6 Å². The van der Waals surface area contributed by atoms with Gasteiger partial charge in [-0.15, -0.1) is 0 Å². The molecular weight excluding hydrogens is 382 g/mol. The lowest BCUT2D eigenvalue weighted by Crippen LogP contribution is -2.00. The van der Waals surface area contributed by atoms with E-state index in [9.17, 15) is 0 Å². The first-order chi connectivity index (χ1) is 11.9. The fourth-order valence-electron chi connectivity index (χ4n) is 3.26. The Labute approximate surface area is 153 Å². The molecule has 0 bridgehead atoms. The molecule has 0 amide bonds. The van der Waals surface area contributed by atoms with Crippen molar-refractivity contribution in [3.8, 4) is 16.9 Å². The van der Waals surface area contributed by atoms with Crippen LogP contribution in [-0.4, -0.2) is 24.4 Å². The first kappa shape index (κ1) is 16.1. The van der Waals surface area contributed by atoms with Gasteiger partial charge in [-0.05, 0) is 52.3 Å². The van der Waals surface area contributed by atoms with Gasteiger partial charge in [0.15, 0.2) is 5.69 Å². The molecule has 0 saturated carbocycles. The molecule has 3 aromatic heterocycles. The number of halogens is 1. The third kappa shape index (κ3) is 2.41. The molecule has 128 valence electrons. The van der Waals surface area contributed by atoms with E-state index in [1.807, 2.05) is 38.3 Å². The van der Waals surface area contributed by atoms with Crippen LogP contribution in [0.15, 0.2) is 27.1 Å². The van der Waals surface area contributed by atoms with Crippen molar-refractivity contribution in [1.29, 1.82) is 0 Å². The molecule has 0 fully saturated rings. The van der Waals surface area contributed by atoms with Gasteiger partial charge in [0.2, 0.25) is 5.71 Å². The van der Waals surface area contributed by atoms with Crippen LogP contribution in [0.2, 0.25) is 0 Å². The Morgan fingerprint density at radius 1 is 1.04 bits per heavy atom. The molecule has 25 heavy (non-hydrogen) atoms. The zero-order valence-electron chi connectivity index (χ0n) is 14.8. The zero-order chi connectivity index (χ0) is 17.9. The van der Waals surface area contributed by atoms with Crippen LogP contribution in [0.25, 0.3) is 22.7 Å². The summed E-state index contributed by atoms with van der Waals surface area (Å²) < 4.78 is 10.8. The monoisotopic (exact) mass is 399 g/mol. The van der Waals surface area contributed by atoms with Gasteiger partial charge in [-0.25, -0.2) is 9.67 Å². The highest BCUT2D eigenvalue weighted by Crippen LogP contribution is 2.34. The van der Waals surface area contributed by atoms with Crippen LogP contribution in [0.1, 0.15) is 28.7 Å². The van der Waals surface area contributed by atoms with Crippen LogP contribution >= 0.6 is 15.9 Å². The second kappa shape index (κ2) is 5.56. The van der Waals surface area contributed by atoms with E-state index < -0.39 is 0 Å². The van der Waals surface area contributed by atoms with E-state index in [2.05, 4.69) is 45.1 Å². The number of nitrogens with zero attached hydrogens (tertiary/aromatic N) is 5. The Balaban J connectivity index is 2.02. The second-order valence-corrected chi connectivity index (χ2v) is 7.15. The summed E-state index contributed by atoms with van der Waals surface area (Å²) in [5.74, 6) is 2.36. The highest BCUT2D eigenvalue weighted by atomic mass is 79.9. The van der Waals surface area contributed by atoms with Gasteiger partial charge in [-0.3, -0.25) is 0 Å². The minimum atomic E-state index is 0.681. The molecule has 0 aliphatic rings. The summed E-state index contributed by atoms with van der Waals surface area (Å²) in [6.45, 7) is 9.81. The van der Waals surface area contributed by atoms with Gasteiger partial charge < -0.3 is 4.42 Å². The lowest BCUT2D eigenvalue weighted by Gasteiger charge is -2.05. The topological polar surface area (TPSA) is 61.2 Å². The zero-order valence-corrected chi connectivity index (χ0v) is 16.3. The molecule has 0 saturated heterocycles. The van der Waals surface area contributed by atoms with E-state index in [0.29, 0.717) is 5.71 Å². The van der Waals surface area contributed by atoms with E-state index in [1.165, 1.54) is 0 Å². The average molecular weight is 400 g/mol. The minimum Gasteiger partial charge on any atom is -0.439 e. The maximum atomic E-state index is 6.11. The SMILES string of the molecule is Cc1nc(C)n(-c2c(C)nn3c(-c4ccc(Br)cc4C)c(C)oc23)n1. The van der Waals surface area contributed by atoms with Crippen LogP contribution in [-0.2, 0) is 0 Å². The Morgan fingerprint density at radius 2 is 1.80 bits per heavy atom. The van der Waals surface area contributed by atoms with Crippen LogP contribution in [0.3, 0.4) is 0 Å². The predicted octanol–water partition coefficient (Wildman–Crippen LogP) is 4.48. The van der Waals surface area contributed by atoms with E-state index >= 15 is 0 Å². The average Bonchev–Trinajstić information content (AvgIpc) is 3.11. The van der Waals surface area contributed by atoms with Gasteiger partial charge in [0.05, 0.1) is 5.69 Å². The molecule has 3 heterocycles. The molecule has 0 aliphatic heterocycles. The predicted molar refractivity (Wildman–Crippen MR) is 99.2 cm³/mol. The number of rotatable bonds is 2. The fraction of sp³-hybridized carbons (Fsp3) is 0.278. The number of aryl methyl sites for hydroxylation is 5. The molecule has 0 spiro atoms. The van der Waals surface area contributed by atoms with Crippen LogP contribution in [0.5, 0.6) is 0 Å². The molecule has 0 atom stereocenters. The molecule has 0 radical (unpaired) electrons. The Kier molecular flexibility index (Phi) is 3.57. The first-order valence-corrected chi connectivity index (χ1v) is 8.82. The van der Waals surface area contributed by atoms with Gasteiger partial charge in [0.1, 0.15) is 23.1 Å². The number of aromatic nitrogens is 5. The highest BCUT2D eigenvalue weighted by Gasteiger charge is 2.24. The quantitative estimate of drug-likeness (QED) is 0.498. The molecule has 4 aromatic rings. The van der Waals surface area contributed by atoms with Crippen molar-refractivity contribution in [3.05, 3.63) is 51.3 Å². The van der Waals surface area contributed by atoms with Gasteiger partial charge in [-0.2, -0.15) is 14.7 Å². The van der Waals surface area contributed by atoms with Gasteiger partial charge in [0, 0.05) is 10.0 Å². The maximum absolute atomic E-state index is 6.11. The maximum Gasteiger partial charge on any atom is 0.249 e. The lowest BCUT2D eigenvalue weighted by atomic mass is 10.1. The van der Waals surface area contributed by atoms with Gasteiger partial charge in [0.25, 0.3) is 0 Å². The van der Waals surface area contributed by atoms with Crippen LogP contribution < -0.4 is 0 Å². The van der Waals surface area contributed by atoms with Crippen LogP contribution in [0, 0.1) is 34.6 Å². The van der Waals surface area contributed by atoms with E-state index in [0.717, 1.165) is 50.1 Å². The van der Waals surface area contributed by atoms with E-state index in [-0.39, 0.29) is 0 Å². The third-order valence-corrected chi connectivity index (χ3v) is 4.81. The smallest absolute Gasteiger partial charge is 0.249 e. The van der Waals surface area contributed by atoms with E-state index in [1.54, 1.807) is 4.68 Å². The molecule has 4 rings (SSSR count). The fourth-order valence-corrected chi connectivity index (χ4v) is 3.73. The summed E-state index contributed by atoms with van der Waals surface area (Å²) >= 11 is 3.52. The van der Waals surface area contributed by atoms with Crippen molar-refractivity contribution in [3.63, 3.8) is 0 Å². The normalized spacial score (nSPS) is 11.6. The number of benzene rings is 1. The molecule has 7 heteroatoms. The molecule has 0 N–H and O–H groups in total. The molecule has 1 aromatic carbocycles. The summed E-state index contributed by atoms with van der Waals surface area (Å²) in [7, 11) is 0. The highest BCUT2D eigenvalue weighted by molar-refractivity contribution is 9.10. The summed E-state index contributed by atoms with van der Waals surface area (Å²) in [6, 6.07) is 6.21. The number of oxazole rings is 1. The van der Waals surface area contributed by atoms with Crippen LogP contribution in [0.4, 0.5) is 0 Å². The summed E-state index contributed by atoms with van der Waals surface area (Å²) in [5.41, 5.74) is 5.58. The standard InChI is InChI=1S/C18H18BrN5O/c1-9-8-14(19)6-7-15(9)17-11(3)25-18-16(10(2)21-24(17)18)23-13(5)20-12(4)22-23/h6-8H,1-5H3. The van der Waals surface area contributed by atoms with Gasteiger partial charge >= 0.3 is 0 Å². The number of hydrogen-bond donors (Lipinski definition) is 0. The minimum absolute atomic E-state index is 0.681. The van der Waals surface area contributed by atoms with Gasteiger partial charge in [-0.1, -0.05) is 22.0 Å².